The number of piperazine rings is 1. The molecule has 1 fully saturated rings. The number of thiazole rings is 1. The molecule has 32 heavy (non-hydrogen) atoms. The normalized spacial score (nSPS) is 13.8. The van der Waals surface area contributed by atoms with Crippen LogP contribution in [-0.4, -0.2) is 47.8 Å². The number of nitrogens with zero attached hydrogens (tertiary/aromatic N) is 3. The fourth-order valence-corrected chi connectivity index (χ4v) is 4.39. The zero-order chi connectivity index (χ0) is 22.5. The molecule has 1 aromatic heterocycles. The molecule has 0 unspecified atom stereocenters. The van der Waals surface area contributed by atoms with Gasteiger partial charge in [0.1, 0.15) is 17.4 Å². The number of ketones is 1. The molecule has 1 aliphatic rings. The number of carbonyl (C=O) groups is 2. The molecule has 0 bridgehead atoms. The van der Waals surface area contributed by atoms with E-state index in [9.17, 15) is 9.59 Å². The molecule has 1 saturated heterocycles. The summed E-state index contributed by atoms with van der Waals surface area (Å²) in [7, 11) is 0. The van der Waals surface area contributed by atoms with Crippen LogP contribution in [0.5, 0.6) is 5.75 Å². The van der Waals surface area contributed by atoms with Crippen LogP contribution in [0.15, 0.2) is 53.9 Å². The minimum absolute atomic E-state index is 0.0636. The molecule has 0 aliphatic carbocycles. The number of ether oxygens (including phenoxy) is 1. The molecule has 4 rings (SSSR count). The fraction of sp³-hybridized carbons (Fsp3) is 0.292. The second-order valence-electron chi connectivity index (χ2n) is 7.62. The van der Waals surface area contributed by atoms with Gasteiger partial charge in [0.15, 0.2) is 5.78 Å². The Balaban J connectivity index is 1.25. The minimum Gasteiger partial charge on any atom is -0.486 e. The number of aromatic nitrogens is 1. The first-order valence-corrected chi connectivity index (χ1v) is 11.7. The van der Waals surface area contributed by atoms with Crippen molar-refractivity contribution in [2.45, 2.75) is 20.0 Å². The molecule has 0 N–H and O–H groups in total. The Morgan fingerprint density at radius 2 is 1.72 bits per heavy atom. The van der Waals surface area contributed by atoms with E-state index in [1.54, 1.807) is 19.1 Å². The summed E-state index contributed by atoms with van der Waals surface area (Å²) < 4.78 is 5.73. The van der Waals surface area contributed by atoms with Crippen LogP contribution < -0.4 is 9.64 Å². The summed E-state index contributed by atoms with van der Waals surface area (Å²) >= 11 is 7.38. The second-order valence-corrected chi connectivity index (χ2v) is 9.00. The largest absolute Gasteiger partial charge is 0.486 e. The van der Waals surface area contributed by atoms with E-state index in [0.717, 1.165) is 35.2 Å². The Hall–Kier alpha value is -2.90. The van der Waals surface area contributed by atoms with E-state index in [1.165, 1.54) is 11.3 Å². The summed E-state index contributed by atoms with van der Waals surface area (Å²) in [5.41, 5.74) is 2.56. The molecule has 0 atom stereocenters. The summed E-state index contributed by atoms with van der Waals surface area (Å²) in [6.45, 7) is 4.80. The Labute approximate surface area is 196 Å². The lowest BCUT2D eigenvalue weighted by Crippen LogP contribution is -2.49. The van der Waals surface area contributed by atoms with Crippen LogP contribution in [0.3, 0.4) is 0 Å². The first-order valence-electron chi connectivity index (χ1n) is 10.4. The molecule has 8 heteroatoms. The number of hydrogen-bond acceptors (Lipinski definition) is 6. The Bertz CT molecular complexity index is 1070. The predicted octanol–water partition coefficient (Wildman–Crippen LogP) is 4.47. The van der Waals surface area contributed by atoms with Gasteiger partial charge in [0.2, 0.25) is 5.91 Å². The number of carbonyl (C=O) groups excluding carboxylic acids is 2. The summed E-state index contributed by atoms with van der Waals surface area (Å²) in [4.78, 5) is 32.9. The highest BCUT2D eigenvalue weighted by Gasteiger charge is 2.22. The smallest absolute Gasteiger partial charge is 0.228 e. The number of Topliss-reactive ketones (excluding diaryl/α,β-unsaturated/α-hetero) is 1. The second kappa shape index (κ2) is 10.1. The lowest BCUT2D eigenvalue weighted by atomic mass is 10.1. The van der Waals surface area contributed by atoms with Gasteiger partial charge in [-0.05, 0) is 55.5 Å². The molecule has 0 spiro atoms. The Kier molecular flexibility index (Phi) is 7.07. The van der Waals surface area contributed by atoms with Gasteiger partial charge in [0.25, 0.3) is 0 Å². The lowest BCUT2D eigenvalue weighted by Gasteiger charge is -2.36. The lowest BCUT2D eigenvalue weighted by molar-refractivity contribution is -0.130. The van der Waals surface area contributed by atoms with E-state index in [-0.39, 0.29) is 11.7 Å². The molecule has 3 aromatic rings. The van der Waals surface area contributed by atoms with Crippen molar-refractivity contribution in [1.29, 1.82) is 0 Å². The molecule has 2 aromatic carbocycles. The van der Waals surface area contributed by atoms with Gasteiger partial charge >= 0.3 is 0 Å². The van der Waals surface area contributed by atoms with Gasteiger partial charge in [-0.1, -0.05) is 11.6 Å². The maximum atomic E-state index is 12.7. The van der Waals surface area contributed by atoms with Crippen molar-refractivity contribution in [3.8, 4) is 5.75 Å². The van der Waals surface area contributed by atoms with Gasteiger partial charge in [-0.15, -0.1) is 11.3 Å². The van der Waals surface area contributed by atoms with Gasteiger partial charge in [-0.25, -0.2) is 4.98 Å². The van der Waals surface area contributed by atoms with Gasteiger partial charge in [0, 0.05) is 47.8 Å². The van der Waals surface area contributed by atoms with E-state index in [1.807, 2.05) is 46.7 Å². The van der Waals surface area contributed by atoms with Crippen molar-refractivity contribution in [1.82, 2.24) is 9.88 Å². The maximum Gasteiger partial charge on any atom is 0.228 e. The maximum absolute atomic E-state index is 12.7. The molecule has 0 saturated carbocycles. The predicted molar refractivity (Wildman–Crippen MR) is 127 cm³/mol. The van der Waals surface area contributed by atoms with Crippen LogP contribution in [0.4, 0.5) is 5.69 Å². The Morgan fingerprint density at radius 1 is 1.03 bits per heavy atom. The zero-order valence-electron chi connectivity index (χ0n) is 17.8. The molecule has 6 nitrogen and oxygen atoms in total. The van der Waals surface area contributed by atoms with Gasteiger partial charge in [-0.2, -0.15) is 0 Å². The molecule has 166 valence electrons. The average molecular weight is 470 g/mol. The van der Waals surface area contributed by atoms with Gasteiger partial charge in [-0.3, -0.25) is 9.59 Å². The van der Waals surface area contributed by atoms with Crippen molar-refractivity contribution in [2.75, 3.05) is 31.1 Å². The first-order chi connectivity index (χ1) is 15.5. The number of rotatable bonds is 7. The van der Waals surface area contributed by atoms with Crippen molar-refractivity contribution in [3.05, 3.63) is 75.2 Å². The third-order valence-corrected chi connectivity index (χ3v) is 6.50. The fourth-order valence-electron chi connectivity index (χ4n) is 3.56. The topological polar surface area (TPSA) is 62.7 Å². The summed E-state index contributed by atoms with van der Waals surface area (Å²) in [5, 5.41) is 3.42. The van der Waals surface area contributed by atoms with Crippen molar-refractivity contribution >= 4 is 40.3 Å². The summed E-state index contributed by atoms with van der Waals surface area (Å²) in [5.74, 6) is 0.886. The number of hydrogen-bond donors (Lipinski definition) is 0. The highest BCUT2D eigenvalue weighted by atomic mass is 35.5. The third-order valence-electron chi connectivity index (χ3n) is 5.38. The highest BCUT2D eigenvalue weighted by molar-refractivity contribution is 7.09. The number of halogens is 1. The van der Waals surface area contributed by atoms with E-state index >= 15 is 0 Å². The molecule has 1 aliphatic heterocycles. The Morgan fingerprint density at radius 3 is 2.38 bits per heavy atom. The van der Waals surface area contributed by atoms with E-state index in [0.29, 0.717) is 36.7 Å². The SMILES string of the molecule is CC(=O)c1ccc(N2CCN(C(=O)Cc3csc(COc4ccc(Cl)cc4)n3)CC2)cc1. The van der Waals surface area contributed by atoms with Gasteiger partial charge in [0.05, 0.1) is 12.1 Å². The number of anilines is 1. The standard InChI is InChI=1S/C24H24ClN3O3S/c1-17(29)18-2-6-21(7-3-18)27-10-12-28(13-11-27)24(30)14-20-16-32-23(26-20)15-31-22-8-4-19(25)5-9-22/h2-9,16H,10-15H2,1H3. The van der Waals surface area contributed by atoms with Crippen molar-refractivity contribution in [2.24, 2.45) is 0 Å². The van der Waals surface area contributed by atoms with E-state index in [4.69, 9.17) is 16.3 Å². The first kappa shape index (κ1) is 22.3. The van der Waals surface area contributed by atoms with Crippen LogP contribution in [-0.2, 0) is 17.8 Å². The minimum atomic E-state index is 0.0636. The monoisotopic (exact) mass is 469 g/mol. The van der Waals surface area contributed by atoms with Crippen LogP contribution >= 0.6 is 22.9 Å². The molecule has 2 heterocycles. The van der Waals surface area contributed by atoms with Crippen LogP contribution in [0.2, 0.25) is 5.02 Å². The van der Waals surface area contributed by atoms with Crippen molar-refractivity contribution in [3.63, 3.8) is 0 Å². The molecule has 1 amide bonds. The van der Waals surface area contributed by atoms with E-state index < -0.39 is 0 Å². The average Bonchev–Trinajstić information content (AvgIpc) is 3.26. The third kappa shape index (κ3) is 5.66. The summed E-state index contributed by atoms with van der Waals surface area (Å²) in [6.07, 6.45) is 0.296. The molecule has 0 radical (unpaired) electrons. The molecular formula is C24H24ClN3O3S. The number of benzene rings is 2. The van der Waals surface area contributed by atoms with Crippen LogP contribution in [0, 0.1) is 0 Å². The highest BCUT2D eigenvalue weighted by Crippen LogP contribution is 2.20. The van der Waals surface area contributed by atoms with Crippen LogP contribution in [0.1, 0.15) is 28.0 Å². The number of amides is 1. The molecular weight excluding hydrogens is 446 g/mol. The van der Waals surface area contributed by atoms with E-state index in [2.05, 4.69) is 9.88 Å². The quantitative estimate of drug-likeness (QED) is 0.478. The van der Waals surface area contributed by atoms with Gasteiger partial charge < -0.3 is 14.5 Å². The zero-order valence-corrected chi connectivity index (χ0v) is 19.4. The summed E-state index contributed by atoms with van der Waals surface area (Å²) in [6, 6.07) is 14.8. The van der Waals surface area contributed by atoms with Crippen molar-refractivity contribution < 1.29 is 14.3 Å². The van der Waals surface area contributed by atoms with Crippen LogP contribution in [0.25, 0.3) is 0 Å².